The summed E-state index contributed by atoms with van der Waals surface area (Å²) in [6.07, 6.45) is 1.38. The second-order valence-electron chi connectivity index (χ2n) is 4.17. The maximum atomic E-state index is 11.7. The number of rotatable bonds is 4. The van der Waals surface area contributed by atoms with Gasteiger partial charge >= 0.3 is 5.97 Å². The molecular formula is C15H14N2O4. The highest BCUT2D eigenvalue weighted by atomic mass is 16.5. The van der Waals surface area contributed by atoms with Crippen molar-refractivity contribution in [1.29, 1.82) is 0 Å². The van der Waals surface area contributed by atoms with E-state index in [1.165, 1.54) is 20.2 Å². The number of esters is 1. The van der Waals surface area contributed by atoms with Gasteiger partial charge in [0.05, 0.1) is 18.9 Å². The molecule has 108 valence electrons. The highest BCUT2D eigenvalue weighted by molar-refractivity contribution is 5.96. The molecule has 0 atom stereocenters. The number of hydrogen-bond acceptors (Lipinski definition) is 5. The van der Waals surface area contributed by atoms with E-state index in [0.29, 0.717) is 22.6 Å². The van der Waals surface area contributed by atoms with E-state index in [4.69, 9.17) is 9.15 Å². The average Bonchev–Trinajstić information content (AvgIpc) is 2.95. The molecule has 2 aromatic rings. The lowest BCUT2D eigenvalue weighted by Gasteiger charge is -2.04. The molecule has 0 aliphatic heterocycles. The van der Waals surface area contributed by atoms with Crippen LogP contribution in [0.25, 0.3) is 11.3 Å². The number of methoxy groups -OCH3 is 1. The molecule has 21 heavy (non-hydrogen) atoms. The van der Waals surface area contributed by atoms with E-state index in [9.17, 15) is 9.59 Å². The van der Waals surface area contributed by atoms with Crippen molar-refractivity contribution in [2.45, 2.75) is 6.92 Å². The summed E-state index contributed by atoms with van der Waals surface area (Å²) in [4.78, 5) is 22.4. The highest BCUT2D eigenvalue weighted by Gasteiger charge is 2.14. The van der Waals surface area contributed by atoms with Gasteiger partial charge in [-0.3, -0.25) is 4.79 Å². The van der Waals surface area contributed by atoms with E-state index in [1.54, 1.807) is 36.4 Å². The second-order valence-corrected chi connectivity index (χ2v) is 4.17. The first kappa shape index (κ1) is 14.5. The van der Waals surface area contributed by atoms with Crippen molar-refractivity contribution < 1.29 is 18.7 Å². The molecule has 1 N–H and O–H groups in total. The molecule has 2 rings (SSSR count). The molecule has 0 radical (unpaired) electrons. The summed E-state index contributed by atoms with van der Waals surface area (Å²) in [5.74, 6) is 0.267. The molecule has 0 spiro atoms. The predicted molar refractivity (Wildman–Crippen MR) is 76.9 cm³/mol. The van der Waals surface area contributed by atoms with E-state index < -0.39 is 5.97 Å². The van der Waals surface area contributed by atoms with Crippen LogP contribution in [0.4, 0.5) is 0 Å². The standard InChI is InChI=1S/C15H14N2O4/c1-10(18)17-16-9-11-7-8-14(21-11)12-5-3-4-6-13(12)15(19)20-2/h3-9H,1-2H3,(H,17,18)/b16-9+. The molecular weight excluding hydrogens is 272 g/mol. The fourth-order valence-corrected chi connectivity index (χ4v) is 1.74. The Morgan fingerprint density at radius 1 is 1.24 bits per heavy atom. The fourth-order valence-electron chi connectivity index (χ4n) is 1.74. The van der Waals surface area contributed by atoms with Crippen LogP contribution in [0.2, 0.25) is 0 Å². The van der Waals surface area contributed by atoms with Crippen molar-refractivity contribution in [3.05, 3.63) is 47.7 Å². The van der Waals surface area contributed by atoms with Crippen molar-refractivity contribution in [3.63, 3.8) is 0 Å². The third kappa shape index (κ3) is 3.56. The number of hydrazone groups is 1. The van der Waals surface area contributed by atoms with Gasteiger partial charge in [-0.05, 0) is 18.2 Å². The quantitative estimate of drug-likeness (QED) is 0.531. The van der Waals surface area contributed by atoms with Gasteiger partial charge in [0.1, 0.15) is 11.5 Å². The molecule has 0 aliphatic carbocycles. The number of carbonyl (C=O) groups is 2. The minimum absolute atomic E-state index is 0.269. The lowest BCUT2D eigenvalue weighted by molar-refractivity contribution is -0.118. The maximum absolute atomic E-state index is 11.7. The summed E-state index contributed by atoms with van der Waals surface area (Å²) in [5, 5.41) is 3.71. The summed E-state index contributed by atoms with van der Waals surface area (Å²) < 4.78 is 10.3. The largest absolute Gasteiger partial charge is 0.465 e. The molecule has 0 unspecified atom stereocenters. The molecule has 1 aromatic carbocycles. The Morgan fingerprint density at radius 2 is 2.00 bits per heavy atom. The number of benzene rings is 1. The van der Waals surface area contributed by atoms with Gasteiger partial charge in [-0.15, -0.1) is 0 Å². The van der Waals surface area contributed by atoms with Gasteiger partial charge < -0.3 is 9.15 Å². The fraction of sp³-hybridized carbons (Fsp3) is 0.133. The lowest BCUT2D eigenvalue weighted by atomic mass is 10.1. The highest BCUT2D eigenvalue weighted by Crippen LogP contribution is 2.25. The number of ether oxygens (including phenoxy) is 1. The SMILES string of the molecule is COC(=O)c1ccccc1-c1ccc(/C=N/NC(C)=O)o1. The number of nitrogens with one attached hydrogen (secondary N) is 1. The number of furan rings is 1. The van der Waals surface area contributed by atoms with Crippen LogP contribution in [0.3, 0.4) is 0 Å². The van der Waals surface area contributed by atoms with Crippen molar-refractivity contribution in [2.24, 2.45) is 5.10 Å². The maximum Gasteiger partial charge on any atom is 0.338 e. The van der Waals surface area contributed by atoms with E-state index in [1.807, 2.05) is 0 Å². The molecule has 0 saturated carbocycles. The Labute approximate surface area is 121 Å². The first-order chi connectivity index (χ1) is 10.1. The van der Waals surface area contributed by atoms with Crippen LogP contribution in [0.1, 0.15) is 23.0 Å². The zero-order valence-electron chi connectivity index (χ0n) is 11.6. The Kier molecular flexibility index (Phi) is 4.50. The zero-order valence-corrected chi connectivity index (χ0v) is 11.6. The van der Waals surface area contributed by atoms with Gasteiger partial charge in [0.2, 0.25) is 5.91 Å². The van der Waals surface area contributed by atoms with Gasteiger partial charge in [0.15, 0.2) is 0 Å². The van der Waals surface area contributed by atoms with Crippen LogP contribution in [0.5, 0.6) is 0 Å². The summed E-state index contributed by atoms with van der Waals surface area (Å²) in [7, 11) is 1.33. The van der Waals surface area contributed by atoms with E-state index in [-0.39, 0.29) is 5.91 Å². The molecule has 1 heterocycles. The van der Waals surface area contributed by atoms with Crippen molar-refractivity contribution in [3.8, 4) is 11.3 Å². The topological polar surface area (TPSA) is 80.9 Å². The Morgan fingerprint density at radius 3 is 2.71 bits per heavy atom. The molecule has 6 heteroatoms. The van der Waals surface area contributed by atoms with E-state index in [2.05, 4.69) is 10.5 Å². The first-order valence-corrected chi connectivity index (χ1v) is 6.19. The van der Waals surface area contributed by atoms with Crippen molar-refractivity contribution in [2.75, 3.05) is 7.11 Å². The molecule has 0 aliphatic rings. The normalized spacial score (nSPS) is 10.6. The van der Waals surface area contributed by atoms with Crippen LogP contribution in [-0.2, 0) is 9.53 Å². The number of nitrogens with zero attached hydrogens (tertiary/aromatic N) is 1. The smallest absolute Gasteiger partial charge is 0.338 e. The van der Waals surface area contributed by atoms with Gasteiger partial charge in [0.25, 0.3) is 0 Å². The van der Waals surface area contributed by atoms with E-state index >= 15 is 0 Å². The second kappa shape index (κ2) is 6.51. The van der Waals surface area contributed by atoms with Crippen molar-refractivity contribution in [1.82, 2.24) is 5.43 Å². The average molecular weight is 286 g/mol. The van der Waals surface area contributed by atoms with Gasteiger partial charge in [-0.1, -0.05) is 18.2 Å². The summed E-state index contributed by atoms with van der Waals surface area (Å²) >= 11 is 0. The van der Waals surface area contributed by atoms with Crippen LogP contribution in [0.15, 0.2) is 45.9 Å². The molecule has 1 amide bonds. The Bertz CT molecular complexity index is 688. The van der Waals surface area contributed by atoms with Crippen molar-refractivity contribution >= 4 is 18.1 Å². The molecule has 1 aromatic heterocycles. The lowest BCUT2D eigenvalue weighted by Crippen LogP contribution is -2.12. The first-order valence-electron chi connectivity index (χ1n) is 6.19. The van der Waals surface area contributed by atoms with Crippen LogP contribution in [-0.4, -0.2) is 25.2 Å². The van der Waals surface area contributed by atoms with E-state index in [0.717, 1.165) is 0 Å². The van der Waals surface area contributed by atoms with Gasteiger partial charge in [-0.2, -0.15) is 5.10 Å². The molecule has 0 fully saturated rings. The number of hydrogen-bond donors (Lipinski definition) is 1. The zero-order chi connectivity index (χ0) is 15.2. The van der Waals surface area contributed by atoms with Crippen LogP contribution in [0, 0.1) is 0 Å². The molecule has 0 saturated heterocycles. The van der Waals surface area contributed by atoms with Gasteiger partial charge in [-0.25, -0.2) is 10.2 Å². The minimum atomic E-state index is -0.435. The van der Waals surface area contributed by atoms with Crippen LogP contribution >= 0.6 is 0 Å². The summed E-state index contributed by atoms with van der Waals surface area (Å²) in [6.45, 7) is 1.36. The monoisotopic (exact) mass is 286 g/mol. The molecule has 0 bridgehead atoms. The van der Waals surface area contributed by atoms with Crippen LogP contribution < -0.4 is 5.43 Å². The third-order valence-corrected chi connectivity index (χ3v) is 2.64. The number of carbonyl (C=O) groups excluding carboxylic acids is 2. The summed E-state index contributed by atoms with van der Waals surface area (Å²) in [5.41, 5.74) is 3.32. The Balaban J connectivity index is 2.28. The predicted octanol–water partition coefficient (Wildman–Crippen LogP) is 2.20. The third-order valence-electron chi connectivity index (χ3n) is 2.64. The molecule has 6 nitrogen and oxygen atoms in total. The minimum Gasteiger partial charge on any atom is -0.465 e. The summed E-state index contributed by atoms with van der Waals surface area (Å²) in [6, 6.07) is 10.4. The Hall–Kier alpha value is -2.89. The number of amides is 1. The van der Waals surface area contributed by atoms with Gasteiger partial charge in [0, 0.05) is 12.5 Å².